The maximum Gasteiger partial charge on any atom is 0.143 e. The zero-order chi connectivity index (χ0) is 12.9. The summed E-state index contributed by atoms with van der Waals surface area (Å²) in [7, 11) is 1.60. The summed E-state index contributed by atoms with van der Waals surface area (Å²) in [5, 5.41) is 12.3. The molecule has 4 N–H and O–H groups in total. The van der Waals surface area contributed by atoms with Crippen molar-refractivity contribution in [2.45, 2.75) is 20.3 Å². The van der Waals surface area contributed by atoms with E-state index in [-0.39, 0.29) is 12.0 Å². The van der Waals surface area contributed by atoms with Crippen LogP contribution in [0, 0.1) is 5.41 Å². The minimum atomic E-state index is 0.0589. The highest BCUT2D eigenvalue weighted by molar-refractivity contribution is 5.61. The van der Waals surface area contributed by atoms with Crippen LogP contribution in [0.4, 0.5) is 11.4 Å². The Morgan fingerprint density at radius 3 is 2.71 bits per heavy atom. The molecular weight excluding hydrogens is 216 g/mol. The Morgan fingerprint density at radius 2 is 2.12 bits per heavy atom. The van der Waals surface area contributed by atoms with Gasteiger partial charge in [0.05, 0.1) is 12.8 Å². The number of aliphatic hydroxyl groups is 1. The van der Waals surface area contributed by atoms with Crippen LogP contribution in [0.3, 0.4) is 0 Å². The van der Waals surface area contributed by atoms with E-state index in [1.165, 1.54) is 0 Å². The van der Waals surface area contributed by atoms with E-state index >= 15 is 0 Å². The third-order valence-electron chi connectivity index (χ3n) is 2.79. The molecule has 0 aromatic heterocycles. The van der Waals surface area contributed by atoms with Crippen molar-refractivity contribution < 1.29 is 9.84 Å². The fourth-order valence-corrected chi connectivity index (χ4v) is 1.55. The molecule has 0 saturated heterocycles. The minimum absolute atomic E-state index is 0.0589. The lowest BCUT2D eigenvalue weighted by Gasteiger charge is -2.24. The van der Waals surface area contributed by atoms with E-state index < -0.39 is 0 Å². The topological polar surface area (TPSA) is 67.5 Å². The molecule has 96 valence electrons. The lowest BCUT2D eigenvalue weighted by atomic mass is 9.89. The third kappa shape index (κ3) is 4.15. The second-order valence-electron chi connectivity index (χ2n) is 4.95. The first-order chi connectivity index (χ1) is 7.98. The largest absolute Gasteiger partial charge is 0.495 e. The average molecular weight is 238 g/mol. The summed E-state index contributed by atoms with van der Waals surface area (Å²) in [5.41, 5.74) is 7.41. The van der Waals surface area contributed by atoms with Gasteiger partial charge in [-0.05, 0) is 24.0 Å². The van der Waals surface area contributed by atoms with Gasteiger partial charge in [-0.15, -0.1) is 0 Å². The summed E-state index contributed by atoms with van der Waals surface area (Å²) in [6, 6.07) is 5.62. The zero-order valence-electron chi connectivity index (χ0n) is 10.8. The van der Waals surface area contributed by atoms with Gasteiger partial charge in [-0.3, -0.25) is 0 Å². The van der Waals surface area contributed by atoms with E-state index in [0.29, 0.717) is 11.4 Å². The fraction of sp³-hybridized carbons (Fsp3) is 0.538. The predicted molar refractivity (Wildman–Crippen MR) is 71.4 cm³/mol. The standard InChI is InChI=1S/C13H22N2O2/c1-13(2,6-7-16)9-15-10-4-5-11(14)12(8-10)17-3/h4-5,8,15-16H,6-7,9,14H2,1-3H3. The number of nitrogen functional groups attached to an aromatic ring is 1. The summed E-state index contributed by atoms with van der Waals surface area (Å²) in [6.45, 7) is 5.23. The molecule has 0 spiro atoms. The molecule has 4 heteroatoms. The third-order valence-corrected chi connectivity index (χ3v) is 2.79. The van der Waals surface area contributed by atoms with Gasteiger partial charge in [0.2, 0.25) is 0 Å². The normalized spacial score (nSPS) is 11.3. The molecule has 4 nitrogen and oxygen atoms in total. The van der Waals surface area contributed by atoms with Gasteiger partial charge in [-0.2, -0.15) is 0 Å². The van der Waals surface area contributed by atoms with E-state index in [9.17, 15) is 0 Å². The number of nitrogens with one attached hydrogen (secondary N) is 1. The lowest BCUT2D eigenvalue weighted by molar-refractivity contribution is 0.220. The zero-order valence-corrected chi connectivity index (χ0v) is 10.8. The summed E-state index contributed by atoms with van der Waals surface area (Å²) in [6.07, 6.45) is 0.770. The summed E-state index contributed by atoms with van der Waals surface area (Å²) in [5.74, 6) is 0.676. The molecular formula is C13H22N2O2. The van der Waals surface area contributed by atoms with Crippen LogP contribution >= 0.6 is 0 Å². The Balaban J connectivity index is 2.63. The number of rotatable bonds is 6. The van der Waals surface area contributed by atoms with E-state index in [1.807, 2.05) is 18.2 Å². The smallest absolute Gasteiger partial charge is 0.143 e. The monoisotopic (exact) mass is 238 g/mol. The molecule has 0 amide bonds. The molecule has 0 heterocycles. The molecule has 1 rings (SSSR count). The van der Waals surface area contributed by atoms with Crippen molar-refractivity contribution in [2.75, 3.05) is 31.3 Å². The number of ether oxygens (including phenoxy) is 1. The molecule has 0 saturated carbocycles. The van der Waals surface area contributed by atoms with Crippen molar-refractivity contribution in [1.82, 2.24) is 0 Å². The maximum atomic E-state index is 8.95. The van der Waals surface area contributed by atoms with Crippen LogP contribution in [0.2, 0.25) is 0 Å². The van der Waals surface area contributed by atoms with Crippen molar-refractivity contribution in [3.63, 3.8) is 0 Å². The summed E-state index contributed by atoms with van der Waals surface area (Å²) in [4.78, 5) is 0. The van der Waals surface area contributed by atoms with Gasteiger partial charge in [-0.25, -0.2) is 0 Å². The first-order valence-electron chi connectivity index (χ1n) is 5.77. The highest BCUT2D eigenvalue weighted by Crippen LogP contribution is 2.26. The quantitative estimate of drug-likeness (QED) is 0.664. The molecule has 1 aromatic carbocycles. The minimum Gasteiger partial charge on any atom is -0.495 e. The molecule has 1 aromatic rings. The van der Waals surface area contributed by atoms with Crippen LogP contribution in [-0.4, -0.2) is 25.4 Å². The van der Waals surface area contributed by atoms with Gasteiger partial charge in [0.25, 0.3) is 0 Å². The number of benzene rings is 1. The fourth-order valence-electron chi connectivity index (χ4n) is 1.55. The van der Waals surface area contributed by atoms with Crippen molar-refractivity contribution in [3.05, 3.63) is 18.2 Å². The van der Waals surface area contributed by atoms with Crippen molar-refractivity contribution >= 4 is 11.4 Å². The molecule has 0 aliphatic rings. The second-order valence-corrected chi connectivity index (χ2v) is 4.95. The molecule has 0 unspecified atom stereocenters. The maximum absolute atomic E-state index is 8.95. The first-order valence-corrected chi connectivity index (χ1v) is 5.77. The number of aliphatic hydroxyl groups excluding tert-OH is 1. The SMILES string of the molecule is COc1cc(NCC(C)(C)CCO)ccc1N. The van der Waals surface area contributed by atoms with Gasteiger partial charge >= 0.3 is 0 Å². The molecule has 0 fully saturated rings. The Hall–Kier alpha value is -1.42. The van der Waals surface area contributed by atoms with E-state index in [4.69, 9.17) is 15.6 Å². The van der Waals surface area contributed by atoms with E-state index in [2.05, 4.69) is 19.2 Å². The first kappa shape index (κ1) is 13.6. The lowest BCUT2D eigenvalue weighted by Crippen LogP contribution is -2.24. The molecule has 0 aliphatic carbocycles. The highest BCUT2D eigenvalue weighted by Gasteiger charge is 2.16. The van der Waals surface area contributed by atoms with Crippen LogP contribution < -0.4 is 15.8 Å². The van der Waals surface area contributed by atoms with E-state index in [1.54, 1.807) is 7.11 Å². The van der Waals surface area contributed by atoms with Gasteiger partial charge in [-0.1, -0.05) is 13.8 Å². The Morgan fingerprint density at radius 1 is 1.41 bits per heavy atom. The number of nitrogens with two attached hydrogens (primary N) is 1. The van der Waals surface area contributed by atoms with Gasteiger partial charge in [0.1, 0.15) is 5.75 Å². The van der Waals surface area contributed by atoms with Gasteiger partial charge in [0.15, 0.2) is 0 Å². The summed E-state index contributed by atoms with van der Waals surface area (Å²) >= 11 is 0. The Kier molecular flexibility index (Phi) is 4.63. The number of hydrogen-bond donors (Lipinski definition) is 3. The van der Waals surface area contributed by atoms with Crippen LogP contribution in [0.15, 0.2) is 18.2 Å². The molecule has 0 radical (unpaired) electrons. The molecule has 0 atom stereocenters. The second kappa shape index (κ2) is 5.77. The molecule has 0 bridgehead atoms. The molecule has 0 aliphatic heterocycles. The number of methoxy groups -OCH3 is 1. The van der Waals surface area contributed by atoms with Gasteiger partial charge < -0.3 is 20.9 Å². The highest BCUT2D eigenvalue weighted by atomic mass is 16.5. The van der Waals surface area contributed by atoms with Crippen molar-refractivity contribution in [2.24, 2.45) is 5.41 Å². The summed E-state index contributed by atoms with van der Waals surface area (Å²) < 4.78 is 5.16. The Bertz CT molecular complexity index is 364. The van der Waals surface area contributed by atoms with Crippen molar-refractivity contribution in [3.8, 4) is 5.75 Å². The van der Waals surface area contributed by atoms with Crippen LogP contribution in [-0.2, 0) is 0 Å². The number of hydrogen-bond acceptors (Lipinski definition) is 4. The van der Waals surface area contributed by atoms with Crippen LogP contribution in [0.1, 0.15) is 20.3 Å². The predicted octanol–water partition coefficient (Wildman–Crippen LogP) is 2.10. The van der Waals surface area contributed by atoms with Gasteiger partial charge in [0, 0.05) is 24.9 Å². The van der Waals surface area contributed by atoms with Crippen LogP contribution in [0.5, 0.6) is 5.75 Å². The average Bonchev–Trinajstić information content (AvgIpc) is 2.28. The molecule has 17 heavy (non-hydrogen) atoms. The number of anilines is 2. The van der Waals surface area contributed by atoms with Crippen LogP contribution in [0.25, 0.3) is 0 Å². The van der Waals surface area contributed by atoms with Crippen molar-refractivity contribution in [1.29, 1.82) is 0 Å². The Labute approximate surface area is 103 Å². The van der Waals surface area contributed by atoms with E-state index in [0.717, 1.165) is 18.7 Å².